The molecule has 1 aliphatic heterocycles. The van der Waals surface area contributed by atoms with Crippen molar-refractivity contribution in [3.63, 3.8) is 0 Å². The fraction of sp³-hybridized carbons (Fsp3) is 0.538. The van der Waals surface area contributed by atoms with Gasteiger partial charge in [0.15, 0.2) is 0 Å². The maximum Gasteiger partial charge on any atom is 0.287 e. The van der Waals surface area contributed by atoms with Crippen LogP contribution in [0.1, 0.15) is 12.8 Å². The fourth-order valence-electron chi connectivity index (χ4n) is 2.05. The number of aromatic nitrogens is 2. The third-order valence-electron chi connectivity index (χ3n) is 3.21. The molecule has 0 aromatic carbocycles. The first-order valence-electron chi connectivity index (χ1n) is 6.40. The number of nitrogens with one attached hydrogen (secondary N) is 1. The van der Waals surface area contributed by atoms with E-state index in [1.807, 2.05) is 11.8 Å². The SMILES string of the molecule is C=CCn1ncc(NCC2CCSCC2)c(Cl)c1=O. The van der Waals surface area contributed by atoms with Crippen molar-refractivity contribution in [2.24, 2.45) is 5.92 Å². The van der Waals surface area contributed by atoms with Crippen LogP contribution in [-0.4, -0.2) is 27.8 Å². The molecule has 19 heavy (non-hydrogen) atoms. The van der Waals surface area contributed by atoms with Crippen molar-refractivity contribution in [1.29, 1.82) is 0 Å². The summed E-state index contributed by atoms with van der Waals surface area (Å²) in [6, 6.07) is 0. The number of thioether (sulfide) groups is 1. The zero-order valence-electron chi connectivity index (χ0n) is 10.8. The average Bonchev–Trinajstić information content (AvgIpc) is 2.44. The van der Waals surface area contributed by atoms with Gasteiger partial charge in [0.25, 0.3) is 5.56 Å². The van der Waals surface area contributed by atoms with E-state index in [1.54, 1.807) is 12.3 Å². The Bertz CT molecular complexity index is 497. The van der Waals surface area contributed by atoms with Crippen LogP contribution >= 0.6 is 23.4 Å². The first-order valence-corrected chi connectivity index (χ1v) is 7.93. The number of nitrogens with zero attached hydrogens (tertiary/aromatic N) is 2. The summed E-state index contributed by atoms with van der Waals surface area (Å²) in [5.74, 6) is 3.10. The van der Waals surface area contributed by atoms with Crippen LogP contribution in [0.15, 0.2) is 23.6 Å². The lowest BCUT2D eigenvalue weighted by atomic mass is 10.0. The third kappa shape index (κ3) is 3.76. The highest BCUT2D eigenvalue weighted by Gasteiger charge is 2.15. The Morgan fingerprint density at radius 3 is 3.00 bits per heavy atom. The van der Waals surface area contributed by atoms with Gasteiger partial charge in [0.2, 0.25) is 0 Å². The molecule has 4 nitrogen and oxygen atoms in total. The minimum atomic E-state index is -0.272. The lowest BCUT2D eigenvalue weighted by molar-refractivity contribution is 0.515. The van der Waals surface area contributed by atoms with E-state index in [4.69, 9.17) is 11.6 Å². The molecule has 2 heterocycles. The monoisotopic (exact) mass is 299 g/mol. The van der Waals surface area contributed by atoms with E-state index in [0.717, 1.165) is 6.54 Å². The van der Waals surface area contributed by atoms with Gasteiger partial charge in [-0.05, 0) is 30.3 Å². The van der Waals surface area contributed by atoms with Gasteiger partial charge in [-0.1, -0.05) is 17.7 Å². The van der Waals surface area contributed by atoms with Gasteiger partial charge in [0, 0.05) is 6.54 Å². The van der Waals surface area contributed by atoms with Crippen molar-refractivity contribution in [3.8, 4) is 0 Å². The molecule has 1 aromatic rings. The van der Waals surface area contributed by atoms with Gasteiger partial charge in [-0.2, -0.15) is 16.9 Å². The molecule has 1 N–H and O–H groups in total. The highest BCUT2D eigenvalue weighted by Crippen LogP contribution is 2.24. The summed E-state index contributed by atoms with van der Waals surface area (Å²) in [6.45, 7) is 4.81. The van der Waals surface area contributed by atoms with Crippen molar-refractivity contribution >= 4 is 29.1 Å². The Morgan fingerprint density at radius 2 is 2.32 bits per heavy atom. The zero-order chi connectivity index (χ0) is 13.7. The normalized spacial score (nSPS) is 16.3. The molecule has 1 aliphatic rings. The molecule has 1 saturated heterocycles. The molecular formula is C13H18ClN3OS. The topological polar surface area (TPSA) is 46.9 Å². The van der Waals surface area contributed by atoms with Gasteiger partial charge in [0.1, 0.15) is 5.02 Å². The van der Waals surface area contributed by atoms with E-state index >= 15 is 0 Å². The largest absolute Gasteiger partial charge is 0.382 e. The summed E-state index contributed by atoms with van der Waals surface area (Å²) in [4.78, 5) is 11.9. The number of anilines is 1. The molecule has 0 aliphatic carbocycles. The Kier molecular flexibility index (Phi) is 5.34. The van der Waals surface area contributed by atoms with Crippen LogP contribution in [-0.2, 0) is 6.54 Å². The number of halogens is 1. The fourth-order valence-corrected chi connectivity index (χ4v) is 3.46. The predicted octanol–water partition coefficient (Wildman–Crippen LogP) is 2.64. The first-order chi connectivity index (χ1) is 9.22. The lowest BCUT2D eigenvalue weighted by Crippen LogP contribution is -2.25. The number of rotatable bonds is 5. The van der Waals surface area contributed by atoms with Crippen LogP contribution in [0.25, 0.3) is 0 Å². The molecule has 0 radical (unpaired) electrons. The van der Waals surface area contributed by atoms with Crippen molar-refractivity contribution in [2.75, 3.05) is 23.4 Å². The summed E-state index contributed by atoms with van der Waals surface area (Å²) in [5.41, 5.74) is 0.357. The van der Waals surface area contributed by atoms with E-state index < -0.39 is 0 Å². The summed E-state index contributed by atoms with van der Waals surface area (Å²) in [5, 5.41) is 7.53. The van der Waals surface area contributed by atoms with Gasteiger partial charge < -0.3 is 5.32 Å². The van der Waals surface area contributed by atoms with E-state index in [1.165, 1.54) is 29.0 Å². The van der Waals surface area contributed by atoms with Crippen LogP contribution in [0.5, 0.6) is 0 Å². The van der Waals surface area contributed by atoms with Gasteiger partial charge in [-0.3, -0.25) is 4.79 Å². The van der Waals surface area contributed by atoms with Gasteiger partial charge in [-0.25, -0.2) is 4.68 Å². The molecule has 0 bridgehead atoms. The molecule has 0 spiro atoms. The molecule has 2 rings (SSSR count). The maximum absolute atomic E-state index is 11.9. The third-order valence-corrected chi connectivity index (χ3v) is 4.62. The summed E-state index contributed by atoms with van der Waals surface area (Å²) >= 11 is 8.08. The molecule has 6 heteroatoms. The van der Waals surface area contributed by atoms with Crippen LogP contribution in [0.4, 0.5) is 5.69 Å². The zero-order valence-corrected chi connectivity index (χ0v) is 12.3. The number of hydrogen-bond acceptors (Lipinski definition) is 4. The second-order valence-electron chi connectivity index (χ2n) is 4.58. The van der Waals surface area contributed by atoms with Crippen LogP contribution in [0.2, 0.25) is 5.02 Å². The van der Waals surface area contributed by atoms with Crippen molar-refractivity contribution in [1.82, 2.24) is 9.78 Å². The molecule has 104 valence electrons. The van der Waals surface area contributed by atoms with E-state index in [-0.39, 0.29) is 10.6 Å². The minimum Gasteiger partial charge on any atom is -0.382 e. The highest BCUT2D eigenvalue weighted by atomic mass is 35.5. The Hall–Kier alpha value is -0.940. The van der Waals surface area contributed by atoms with Gasteiger partial charge >= 0.3 is 0 Å². The van der Waals surface area contributed by atoms with Crippen LogP contribution < -0.4 is 10.9 Å². The van der Waals surface area contributed by atoms with Gasteiger partial charge in [-0.15, -0.1) is 6.58 Å². The Balaban J connectivity index is 2.02. The number of hydrogen-bond donors (Lipinski definition) is 1. The molecule has 1 fully saturated rings. The maximum atomic E-state index is 11.9. The van der Waals surface area contributed by atoms with Crippen molar-refractivity contribution in [2.45, 2.75) is 19.4 Å². The van der Waals surface area contributed by atoms with E-state index in [0.29, 0.717) is 18.2 Å². The molecule has 0 saturated carbocycles. The second kappa shape index (κ2) is 7.01. The summed E-state index contributed by atoms with van der Waals surface area (Å²) in [6.07, 6.45) is 5.68. The second-order valence-corrected chi connectivity index (χ2v) is 6.19. The quantitative estimate of drug-likeness (QED) is 0.849. The molecule has 0 amide bonds. The van der Waals surface area contributed by atoms with Crippen molar-refractivity contribution in [3.05, 3.63) is 34.2 Å². The lowest BCUT2D eigenvalue weighted by Gasteiger charge is -2.22. The Labute approximate surface area is 122 Å². The highest BCUT2D eigenvalue weighted by molar-refractivity contribution is 7.99. The van der Waals surface area contributed by atoms with E-state index in [2.05, 4.69) is 17.0 Å². The van der Waals surface area contributed by atoms with E-state index in [9.17, 15) is 4.79 Å². The molecule has 0 unspecified atom stereocenters. The van der Waals surface area contributed by atoms with Crippen LogP contribution in [0, 0.1) is 5.92 Å². The smallest absolute Gasteiger partial charge is 0.287 e. The molecule has 1 aromatic heterocycles. The summed E-state index contributed by atoms with van der Waals surface area (Å²) in [7, 11) is 0. The predicted molar refractivity (Wildman–Crippen MR) is 82.2 cm³/mol. The first kappa shape index (κ1) is 14.5. The number of allylic oxidation sites excluding steroid dienone is 1. The summed E-state index contributed by atoms with van der Waals surface area (Å²) < 4.78 is 1.30. The van der Waals surface area contributed by atoms with Crippen molar-refractivity contribution < 1.29 is 0 Å². The minimum absolute atomic E-state index is 0.210. The average molecular weight is 300 g/mol. The molecule has 0 atom stereocenters. The van der Waals surface area contributed by atoms with Crippen LogP contribution in [0.3, 0.4) is 0 Å². The standard InChI is InChI=1S/C13H18ClN3OS/c1-2-5-17-13(18)12(14)11(9-16-17)15-8-10-3-6-19-7-4-10/h2,9-10,15H,1,3-8H2. The molecular weight excluding hydrogens is 282 g/mol. The van der Waals surface area contributed by atoms with Gasteiger partial charge in [0.05, 0.1) is 18.4 Å². The Morgan fingerprint density at radius 1 is 1.58 bits per heavy atom.